The van der Waals surface area contributed by atoms with Crippen LogP contribution in [0.25, 0.3) is 10.2 Å². The first-order chi connectivity index (χ1) is 9.72. The summed E-state index contributed by atoms with van der Waals surface area (Å²) in [5.74, 6) is 0. The first-order valence-electron chi connectivity index (χ1n) is 6.45. The van der Waals surface area contributed by atoms with Crippen molar-refractivity contribution in [3.05, 3.63) is 59.7 Å². The van der Waals surface area contributed by atoms with Crippen molar-refractivity contribution in [3.63, 3.8) is 0 Å². The molecule has 0 atom stereocenters. The monoisotopic (exact) mass is 281 g/mol. The summed E-state index contributed by atoms with van der Waals surface area (Å²) in [5.41, 5.74) is 7.36. The van der Waals surface area contributed by atoms with E-state index < -0.39 is 0 Å². The van der Waals surface area contributed by atoms with Crippen LogP contribution in [-0.2, 0) is 0 Å². The van der Waals surface area contributed by atoms with Gasteiger partial charge in [-0.3, -0.25) is 5.43 Å². The van der Waals surface area contributed by atoms with E-state index in [1.54, 1.807) is 11.3 Å². The molecule has 0 radical (unpaired) electrons. The molecule has 0 spiro atoms. The van der Waals surface area contributed by atoms with Crippen molar-refractivity contribution < 1.29 is 0 Å². The topological polar surface area (TPSA) is 37.3 Å². The number of hydrazone groups is 1. The molecule has 0 unspecified atom stereocenters. The second-order valence-corrected chi connectivity index (χ2v) is 5.69. The van der Waals surface area contributed by atoms with E-state index in [4.69, 9.17) is 0 Å². The van der Waals surface area contributed by atoms with Gasteiger partial charge in [-0.1, -0.05) is 53.3 Å². The van der Waals surface area contributed by atoms with E-state index in [-0.39, 0.29) is 0 Å². The minimum absolute atomic E-state index is 0.817. The van der Waals surface area contributed by atoms with Crippen molar-refractivity contribution in [1.29, 1.82) is 0 Å². The average molecular weight is 281 g/mol. The molecule has 0 aliphatic carbocycles. The second kappa shape index (κ2) is 5.43. The molecule has 0 saturated heterocycles. The molecule has 4 heteroatoms. The smallest absolute Gasteiger partial charge is 0.204 e. The molecule has 3 aromatic rings. The number of thiazole rings is 1. The van der Waals surface area contributed by atoms with Gasteiger partial charge in [-0.25, -0.2) is 4.98 Å². The largest absolute Gasteiger partial charge is 0.252 e. The molecule has 0 saturated carbocycles. The lowest BCUT2D eigenvalue weighted by atomic mass is 10.1. The Morgan fingerprint density at radius 2 is 1.85 bits per heavy atom. The molecule has 2 aromatic carbocycles. The van der Waals surface area contributed by atoms with Gasteiger partial charge < -0.3 is 0 Å². The summed E-state index contributed by atoms with van der Waals surface area (Å²) in [5, 5.41) is 5.22. The predicted molar refractivity (Wildman–Crippen MR) is 86.6 cm³/mol. The summed E-state index contributed by atoms with van der Waals surface area (Å²) in [7, 11) is 0. The van der Waals surface area contributed by atoms with Gasteiger partial charge in [0.05, 0.1) is 15.9 Å². The zero-order valence-electron chi connectivity index (χ0n) is 11.4. The van der Waals surface area contributed by atoms with Crippen LogP contribution in [0.2, 0.25) is 0 Å². The zero-order chi connectivity index (χ0) is 13.9. The maximum atomic E-state index is 4.49. The summed E-state index contributed by atoms with van der Waals surface area (Å²) < 4.78 is 1.16. The molecule has 0 aliphatic rings. The second-order valence-electron chi connectivity index (χ2n) is 4.66. The van der Waals surface area contributed by atoms with Gasteiger partial charge in [0.15, 0.2) is 0 Å². The molecule has 1 heterocycles. The molecular formula is C16H15N3S. The zero-order valence-corrected chi connectivity index (χ0v) is 12.2. The highest BCUT2D eigenvalue weighted by Gasteiger charge is 2.02. The molecule has 1 N–H and O–H groups in total. The number of anilines is 1. The van der Waals surface area contributed by atoms with Crippen LogP contribution >= 0.6 is 11.3 Å². The van der Waals surface area contributed by atoms with Crippen LogP contribution < -0.4 is 5.43 Å². The van der Waals surface area contributed by atoms with E-state index in [0.717, 1.165) is 26.6 Å². The normalized spacial score (nSPS) is 11.8. The Kier molecular flexibility index (Phi) is 3.48. The average Bonchev–Trinajstić information content (AvgIpc) is 2.88. The number of fused-ring (bicyclic) bond motifs is 1. The van der Waals surface area contributed by atoms with E-state index in [2.05, 4.69) is 52.8 Å². The lowest BCUT2D eigenvalue weighted by molar-refractivity contribution is 1.29. The van der Waals surface area contributed by atoms with E-state index in [1.807, 2.05) is 25.1 Å². The number of hydrogen-bond donors (Lipinski definition) is 1. The molecule has 0 amide bonds. The third kappa shape index (κ3) is 2.70. The molecular weight excluding hydrogens is 266 g/mol. The van der Waals surface area contributed by atoms with Crippen molar-refractivity contribution in [1.82, 2.24) is 4.98 Å². The summed E-state index contributed by atoms with van der Waals surface area (Å²) in [6.07, 6.45) is 0. The number of nitrogens with one attached hydrogen (secondary N) is 1. The van der Waals surface area contributed by atoms with Crippen LogP contribution in [0.4, 0.5) is 5.13 Å². The Bertz CT molecular complexity index is 724. The molecule has 20 heavy (non-hydrogen) atoms. The Labute approximate surface area is 122 Å². The highest BCUT2D eigenvalue weighted by atomic mass is 32.1. The van der Waals surface area contributed by atoms with Gasteiger partial charge in [0.2, 0.25) is 5.13 Å². The van der Waals surface area contributed by atoms with E-state index in [9.17, 15) is 0 Å². The first-order valence-corrected chi connectivity index (χ1v) is 7.27. The number of para-hydroxylation sites is 1. The first kappa shape index (κ1) is 12.8. The highest BCUT2D eigenvalue weighted by Crippen LogP contribution is 2.25. The minimum atomic E-state index is 0.817. The van der Waals surface area contributed by atoms with Crippen LogP contribution in [-0.4, -0.2) is 10.7 Å². The summed E-state index contributed by atoms with van der Waals surface area (Å²) in [6.45, 7) is 4.07. The summed E-state index contributed by atoms with van der Waals surface area (Å²) in [6, 6.07) is 16.4. The number of aromatic nitrogens is 1. The SMILES string of the molecule is C/C(=N\Nc1nc2ccccc2s1)c1ccc(C)cc1. The van der Waals surface area contributed by atoms with Crippen molar-refractivity contribution in [2.75, 3.05) is 5.43 Å². The van der Waals surface area contributed by atoms with Gasteiger partial charge in [-0.05, 0) is 31.5 Å². The fraction of sp³-hybridized carbons (Fsp3) is 0.125. The molecule has 3 rings (SSSR count). The number of benzene rings is 2. The predicted octanol–water partition coefficient (Wildman–Crippen LogP) is 4.44. The minimum Gasteiger partial charge on any atom is -0.252 e. The summed E-state index contributed by atoms with van der Waals surface area (Å²) in [4.78, 5) is 4.49. The third-order valence-electron chi connectivity index (χ3n) is 3.08. The van der Waals surface area contributed by atoms with Gasteiger partial charge in [-0.2, -0.15) is 5.10 Å². The van der Waals surface area contributed by atoms with Crippen molar-refractivity contribution in [3.8, 4) is 0 Å². The summed E-state index contributed by atoms with van der Waals surface area (Å²) >= 11 is 1.61. The van der Waals surface area contributed by atoms with Crippen LogP contribution in [0.15, 0.2) is 53.6 Å². The highest BCUT2D eigenvalue weighted by molar-refractivity contribution is 7.22. The maximum absolute atomic E-state index is 4.49. The number of rotatable bonds is 3. The maximum Gasteiger partial charge on any atom is 0.204 e. The number of hydrogen-bond acceptors (Lipinski definition) is 4. The van der Waals surface area contributed by atoms with Gasteiger partial charge in [-0.15, -0.1) is 0 Å². The number of aryl methyl sites for hydroxylation is 1. The van der Waals surface area contributed by atoms with Gasteiger partial charge in [0.25, 0.3) is 0 Å². The van der Waals surface area contributed by atoms with Crippen molar-refractivity contribution in [2.45, 2.75) is 13.8 Å². The molecule has 3 nitrogen and oxygen atoms in total. The Morgan fingerprint density at radius 3 is 2.60 bits per heavy atom. The quantitative estimate of drug-likeness (QED) is 0.569. The fourth-order valence-corrected chi connectivity index (χ4v) is 2.72. The van der Waals surface area contributed by atoms with E-state index in [0.29, 0.717) is 0 Å². The van der Waals surface area contributed by atoms with Crippen LogP contribution in [0.5, 0.6) is 0 Å². The van der Waals surface area contributed by atoms with E-state index in [1.165, 1.54) is 5.56 Å². The van der Waals surface area contributed by atoms with E-state index >= 15 is 0 Å². The van der Waals surface area contributed by atoms with Gasteiger partial charge in [0, 0.05) is 0 Å². The third-order valence-corrected chi connectivity index (χ3v) is 4.02. The molecule has 0 fully saturated rings. The Morgan fingerprint density at radius 1 is 1.10 bits per heavy atom. The fourth-order valence-electron chi connectivity index (χ4n) is 1.91. The van der Waals surface area contributed by atoms with Crippen molar-refractivity contribution >= 4 is 32.4 Å². The molecule has 0 bridgehead atoms. The number of nitrogens with zero attached hydrogens (tertiary/aromatic N) is 2. The molecule has 1 aromatic heterocycles. The lowest BCUT2D eigenvalue weighted by Gasteiger charge is -2.01. The van der Waals surface area contributed by atoms with Gasteiger partial charge >= 0.3 is 0 Å². The van der Waals surface area contributed by atoms with Crippen LogP contribution in [0.3, 0.4) is 0 Å². The Hall–Kier alpha value is -2.20. The van der Waals surface area contributed by atoms with Crippen molar-refractivity contribution in [2.24, 2.45) is 5.10 Å². The van der Waals surface area contributed by atoms with Crippen LogP contribution in [0.1, 0.15) is 18.1 Å². The molecule has 0 aliphatic heterocycles. The standard InChI is InChI=1S/C16H15N3S/c1-11-7-9-13(10-8-11)12(2)18-19-16-17-14-5-3-4-6-15(14)20-16/h3-10H,1-2H3,(H,17,19)/b18-12+. The molecule has 100 valence electrons. The Balaban J connectivity index is 1.80. The van der Waals surface area contributed by atoms with Crippen LogP contribution in [0, 0.1) is 6.92 Å². The van der Waals surface area contributed by atoms with Gasteiger partial charge in [0.1, 0.15) is 0 Å². The lowest BCUT2D eigenvalue weighted by Crippen LogP contribution is -1.99.